The van der Waals surface area contributed by atoms with Crippen LogP contribution in [0, 0.1) is 6.92 Å². The Kier molecular flexibility index (Phi) is 6.83. The normalized spacial score (nSPS) is 22.6. The summed E-state index contributed by atoms with van der Waals surface area (Å²) >= 11 is 1.28. The number of nitrogens with two attached hydrogens (primary N) is 3. The summed E-state index contributed by atoms with van der Waals surface area (Å²) in [5.74, 6) is 0.758. The summed E-state index contributed by atoms with van der Waals surface area (Å²) in [6.07, 6.45) is 2.73. The van der Waals surface area contributed by atoms with Crippen molar-refractivity contribution in [2.75, 3.05) is 18.8 Å². The minimum atomic E-state index is -1.52. The molecule has 8 N–H and O–H groups in total. The van der Waals surface area contributed by atoms with E-state index < -0.39 is 11.6 Å². The average Bonchev–Trinajstić information content (AvgIpc) is 3.18. The van der Waals surface area contributed by atoms with Gasteiger partial charge in [0.2, 0.25) is 0 Å². The molecule has 40 heavy (non-hydrogen) atoms. The number of nitrogen functional groups attached to an aromatic ring is 1. The quantitative estimate of drug-likeness (QED) is 0.232. The molecule has 2 heterocycles. The number of nitrogens with one attached hydrogen (secondary N) is 2. The Balaban J connectivity index is 1.43. The summed E-state index contributed by atoms with van der Waals surface area (Å²) in [6.45, 7) is 3.69. The molecule has 8 nitrogen and oxygen atoms in total. The number of ketones is 1. The van der Waals surface area contributed by atoms with Crippen LogP contribution >= 0.6 is 11.3 Å². The maximum atomic E-state index is 14.1. The van der Waals surface area contributed by atoms with Crippen molar-refractivity contribution in [1.82, 2.24) is 10.6 Å². The molecular formula is C31H33N5O3S. The number of para-hydroxylation sites is 1. The predicted octanol–water partition coefficient (Wildman–Crippen LogP) is 4.24. The third-order valence-corrected chi connectivity index (χ3v) is 9.29. The maximum Gasteiger partial charge on any atom is 0.261 e. The average molecular weight is 556 g/mol. The van der Waals surface area contributed by atoms with Crippen molar-refractivity contribution in [3.63, 3.8) is 0 Å². The lowest BCUT2D eigenvalue weighted by atomic mass is 9.69. The van der Waals surface area contributed by atoms with Gasteiger partial charge in [0.15, 0.2) is 5.78 Å². The molecule has 1 saturated heterocycles. The van der Waals surface area contributed by atoms with Gasteiger partial charge in [-0.3, -0.25) is 9.59 Å². The zero-order valence-corrected chi connectivity index (χ0v) is 23.1. The van der Waals surface area contributed by atoms with E-state index in [2.05, 4.69) is 10.6 Å². The van der Waals surface area contributed by atoms with Gasteiger partial charge in [-0.2, -0.15) is 0 Å². The largest absolute Gasteiger partial charge is 0.457 e. The number of carbonyl (C=O) groups excluding carboxylic acids is 2. The Morgan fingerprint density at radius 1 is 1.05 bits per heavy atom. The number of carbonyl (C=O) groups is 2. The van der Waals surface area contributed by atoms with E-state index in [1.165, 1.54) is 11.3 Å². The third-order valence-electron chi connectivity index (χ3n) is 8.03. The number of benzene rings is 3. The molecule has 3 unspecified atom stereocenters. The summed E-state index contributed by atoms with van der Waals surface area (Å²) in [7, 11) is 0. The van der Waals surface area contributed by atoms with Gasteiger partial charge < -0.3 is 32.6 Å². The van der Waals surface area contributed by atoms with Crippen LogP contribution in [0.4, 0.5) is 5.69 Å². The highest BCUT2D eigenvalue weighted by molar-refractivity contribution is 7.21. The molecule has 1 aliphatic heterocycles. The number of anilines is 1. The van der Waals surface area contributed by atoms with Gasteiger partial charge in [-0.15, -0.1) is 11.3 Å². The van der Waals surface area contributed by atoms with Crippen LogP contribution in [-0.2, 0) is 10.3 Å². The molecule has 0 bridgehead atoms. The van der Waals surface area contributed by atoms with E-state index in [0.717, 1.165) is 42.6 Å². The lowest BCUT2D eigenvalue weighted by Gasteiger charge is -2.37. The van der Waals surface area contributed by atoms with E-state index >= 15 is 0 Å². The molecular weight excluding hydrogens is 522 g/mol. The summed E-state index contributed by atoms with van der Waals surface area (Å²) < 4.78 is 6.72. The zero-order valence-electron chi connectivity index (χ0n) is 22.3. The van der Waals surface area contributed by atoms with Gasteiger partial charge >= 0.3 is 0 Å². The molecule has 0 saturated carbocycles. The number of rotatable bonds is 5. The molecule has 3 aromatic carbocycles. The van der Waals surface area contributed by atoms with Crippen molar-refractivity contribution in [3.05, 3.63) is 87.8 Å². The first kappa shape index (κ1) is 26.5. The van der Waals surface area contributed by atoms with Crippen LogP contribution in [-0.4, -0.2) is 30.8 Å². The van der Waals surface area contributed by atoms with E-state index in [4.69, 9.17) is 21.9 Å². The first-order valence-corrected chi connectivity index (χ1v) is 14.4. The molecule has 1 fully saturated rings. The van der Waals surface area contributed by atoms with E-state index in [9.17, 15) is 9.59 Å². The Morgan fingerprint density at radius 3 is 2.60 bits per heavy atom. The van der Waals surface area contributed by atoms with E-state index in [-0.39, 0.29) is 17.7 Å². The van der Waals surface area contributed by atoms with Crippen LogP contribution < -0.4 is 32.6 Å². The van der Waals surface area contributed by atoms with Crippen molar-refractivity contribution >= 4 is 38.8 Å². The number of ether oxygens (including phenoxy) is 1. The third kappa shape index (κ3) is 4.35. The number of Topliss-reactive ketones (excluding diaryl/α,β-unsaturated/α-hetero) is 1. The van der Waals surface area contributed by atoms with Crippen LogP contribution in [0.25, 0.3) is 10.1 Å². The molecule has 1 amide bonds. The smallest absolute Gasteiger partial charge is 0.261 e. The van der Waals surface area contributed by atoms with Gasteiger partial charge in [-0.1, -0.05) is 30.3 Å². The minimum absolute atomic E-state index is 0.0557. The highest BCUT2D eigenvalue weighted by atomic mass is 32.1. The minimum Gasteiger partial charge on any atom is -0.457 e. The highest BCUT2D eigenvalue weighted by Crippen LogP contribution is 2.50. The number of hydrogen-bond donors (Lipinski definition) is 5. The molecule has 9 heteroatoms. The van der Waals surface area contributed by atoms with Crippen molar-refractivity contribution in [2.24, 2.45) is 11.5 Å². The molecule has 0 radical (unpaired) electrons. The van der Waals surface area contributed by atoms with E-state index in [1.54, 1.807) is 18.2 Å². The first-order valence-electron chi connectivity index (χ1n) is 13.6. The summed E-state index contributed by atoms with van der Waals surface area (Å²) in [5, 5.41) is 7.24. The molecule has 206 valence electrons. The number of thiophene rings is 1. The first-order chi connectivity index (χ1) is 19.3. The second kappa shape index (κ2) is 10.3. The Hall–Kier alpha value is -3.76. The van der Waals surface area contributed by atoms with Gasteiger partial charge in [0.05, 0.1) is 15.6 Å². The molecule has 6 rings (SSSR count). The molecule has 0 spiro atoms. The SMILES string of the molecule is Cc1cc(Oc2ccccc2)ccc1C1(N)C(=O)C(N)c2c(C(=O)NC3CCCNCC3)sc3c(N)ccc1c23. The lowest BCUT2D eigenvalue weighted by Crippen LogP contribution is -2.53. The van der Waals surface area contributed by atoms with Crippen LogP contribution in [0.2, 0.25) is 0 Å². The van der Waals surface area contributed by atoms with Crippen molar-refractivity contribution in [1.29, 1.82) is 0 Å². The monoisotopic (exact) mass is 555 g/mol. The van der Waals surface area contributed by atoms with E-state index in [1.807, 2.05) is 49.4 Å². The second-order valence-corrected chi connectivity index (χ2v) is 11.7. The van der Waals surface area contributed by atoms with Crippen molar-refractivity contribution < 1.29 is 14.3 Å². The summed E-state index contributed by atoms with van der Waals surface area (Å²) in [6, 6.07) is 17.5. The molecule has 1 aromatic heterocycles. The fourth-order valence-electron chi connectivity index (χ4n) is 6.01. The molecule has 3 atom stereocenters. The van der Waals surface area contributed by atoms with Gasteiger partial charge in [-0.25, -0.2) is 0 Å². The molecule has 2 aliphatic rings. The predicted molar refractivity (Wildman–Crippen MR) is 159 cm³/mol. The Bertz CT molecular complexity index is 1610. The van der Waals surface area contributed by atoms with Crippen molar-refractivity contribution in [3.8, 4) is 11.5 Å². The Labute approximate surface area is 236 Å². The van der Waals surface area contributed by atoms with Gasteiger partial charge in [0.25, 0.3) is 5.91 Å². The van der Waals surface area contributed by atoms with Crippen LogP contribution in [0.3, 0.4) is 0 Å². The lowest BCUT2D eigenvalue weighted by molar-refractivity contribution is -0.124. The standard InChI is InChI=1S/C31H33N5O3S/c1-17-16-20(39-19-7-3-2-4-8-19)9-10-21(17)31(34)22-11-12-23(32)27-24(22)25(26(33)29(31)37)28(40-27)30(38)36-18-6-5-14-35-15-13-18/h2-4,7-12,16,18,26,35H,5-6,13-15,32-34H2,1H3,(H,36,38). The second-order valence-electron chi connectivity index (χ2n) is 10.6. The van der Waals surface area contributed by atoms with Crippen LogP contribution in [0.15, 0.2) is 60.7 Å². The Morgan fingerprint density at radius 2 is 1.82 bits per heavy atom. The molecule has 4 aromatic rings. The van der Waals surface area contributed by atoms with Crippen LogP contribution in [0.5, 0.6) is 11.5 Å². The van der Waals surface area contributed by atoms with Crippen molar-refractivity contribution in [2.45, 2.75) is 43.8 Å². The number of amides is 1. The number of aryl methyl sites for hydroxylation is 1. The number of hydrogen-bond acceptors (Lipinski definition) is 8. The topological polar surface area (TPSA) is 145 Å². The molecule has 1 aliphatic carbocycles. The van der Waals surface area contributed by atoms with Gasteiger partial charge in [0, 0.05) is 22.7 Å². The fourth-order valence-corrected chi connectivity index (χ4v) is 7.21. The van der Waals surface area contributed by atoms with E-state index in [0.29, 0.717) is 44.1 Å². The van der Waals surface area contributed by atoms with Gasteiger partial charge in [-0.05, 0) is 86.3 Å². The van der Waals surface area contributed by atoms with Gasteiger partial charge in [0.1, 0.15) is 17.0 Å². The zero-order chi connectivity index (χ0) is 28.0. The highest BCUT2D eigenvalue weighted by Gasteiger charge is 2.49. The summed E-state index contributed by atoms with van der Waals surface area (Å²) in [4.78, 5) is 28.1. The maximum absolute atomic E-state index is 14.1. The summed E-state index contributed by atoms with van der Waals surface area (Å²) in [5.41, 5.74) is 21.7. The van der Waals surface area contributed by atoms with Crippen LogP contribution in [0.1, 0.15) is 57.2 Å². The fraction of sp³-hybridized carbons (Fsp3) is 0.290.